The Balaban J connectivity index is 1.66. The molecular formula is C26H20F3N5O. The molecule has 2 N–H and O–H groups in total. The van der Waals surface area contributed by atoms with Crippen LogP contribution in [-0.4, -0.2) is 25.4 Å². The summed E-state index contributed by atoms with van der Waals surface area (Å²) in [5.74, 6) is -0.510. The van der Waals surface area contributed by atoms with E-state index in [9.17, 15) is 18.0 Å². The molecule has 0 radical (unpaired) electrons. The van der Waals surface area contributed by atoms with E-state index in [-0.39, 0.29) is 11.3 Å². The summed E-state index contributed by atoms with van der Waals surface area (Å²) in [6.07, 6.45) is 5.17. The fourth-order valence-corrected chi connectivity index (χ4v) is 4.15. The summed E-state index contributed by atoms with van der Waals surface area (Å²) in [5, 5.41) is 4.21. The number of aromatic amines is 1. The van der Waals surface area contributed by atoms with Gasteiger partial charge in [0.25, 0.3) is 0 Å². The van der Waals surface area contributed by atoms with Gasteiger partial charge in [0, 0.05) is 59.4 Å². The van der Waals surface area contributed by atoms with Gasteiger partial charge in [0.05, 0.1) is 5.56 Å². The van der Waals surface area contributed by atoms with Gasteiger partial charge in [-0.1, -0.05) is 6.08 Å². The second kappa shape index (κ2) is 8.43. The van der Waals surface area contributed by atoms with Crippen molar-refractivity contribution in [2.45, 2.75) is 13.1 Å². The Morgan fingerprint density at radius 3 is 2.66 bits per heavy atom. The number of halogens is 3. The van der Waals surface area contributed by atoms with Crippen LogP contribution in [0.3, 0.4) is 0 Å². The Bertz CT molecular complexity index is 1610. The number of carbonyl (C=O) groups is 1. The molecule has 0 aliphatic heterocycles. The van der Waals surface area contributed by atoms with Gasteiger partial charge in [-0.3, -0.25) is 4.79 Å². The first-order valence-electron chi connectivity index (χ1n) is 10.8. The molecule has 0 unspecified atom stereocenters. The van der Waals surface area contributed by atoms with E-state index in [4.69, 9.17) is 0 Å². The van der Waals surface area contributed by atoms with Crippen molar-refractivity contribution in [2.24, 2.45) is 7.05 Å². The zero-order valence-corrected chi connectivity index (χ0v) is 18.8. The van der Waals surface area contributed by atoms with Crippen LogP contribution in [0.25, 0.3) is 44.3 Å². The van der Waals surface area contributed by atoms with Crippen molar-refractivity contribution < 1.29 is 18.0 Å². The summed E-state index contributed by atoms with van der Waals surface area (Å²) in [7, 11) is 1.91. The zero-order valence-electron chi connectivity index (χ0n) is 18.8. The lowest BCUT2D eigenvalue weighted by atomic mass is 9.99. The molecule has 0 fully saturated rings. The van der Waals surface area contributed by atoms with Crippen LogP contribution in [0.5, 0.6) is 0 Å². The average molecular weight is 475 g/mol. The largest absolute Gasteiger partial charge is 0.416 e. The molecule has 0 bridgehead atoms. The molecule has 0 aliphatic carbocycles. The summed E-state index contributed by atoms with van der Waals surface area (Å²) in [6.45, 7) is 1.65. The molecule has 176 valence electrons. The van der Waals surface area contributed by atoms with Crippen molar-refractivity contribution in [3.8, 4) is 22.3 Å². The molecule has 35 heavy (non-hydrogen) atoms. The number of nitrogens with zero attached hydrogens (tertiary/aromatic N) is 3. The number of aryl methyl sites for hydroxylation is 1. The van der Waals surface area contributed by atoms with E-state index in [1.807, 2.05) is 36.1 Å². The summed E-state index contributed by atoms with van der Waals surface area (Å²) in [4.78, 5) is 24.0. The van der Waals surface area contributed by atoms with E-state index in [1.165, 1.54) is 24.4 Å². The fourth-order valence-electron chi connectivity index (χ4n) is 4.15. The van der Waals surface area contributed by atoms with E-state index in [0.29, 0.717) is 11.2 Å². The molecule has 5 rings (SSSR count). The van der Waals surface area contributed by atoms with Crippen LogP contribution in [0.15, 0.2) is 73.3 Å². The second-order valence-corrected chi connectivity index (χ2v) is 8.13. The number of pyridine rings is 2. The van der Waals surface area contributed by atoms with Crippen LogP contribution in [0.2, 0.25) is 0 Å². The van der Waals surface area contributed by atoms with E-state index in [2.05, 4.69) is 20.3 Å². The Kier molecular flexibility index (Phi) is 5.39. The van der Waals surface area contributed by atoms with Crippen molar-refractivity contribution in [2.75, 3.05) is 5.32 Å². The number of anilines is 1. The summed E-state index contributed by atoms with van der Waals surface area (Å²) in [6, 6.07) is 9.16. The third-order valence-corrected chi connectivity index (χ3v) is 5.77. The van der Waals surface area contributed by atoms with Crippen LogP contribution < -0.4 is 5.32 Å². The first kappa shape index (κ1) is 22.4. The van der Waals surface area contributed by atoms with Crippen molar-refractivity contribution in [1.29, 1.82) is 0 Å². The third kappa shape index (κ3) is 4.16. The Hall–Kier alpha value is -4.40. The number of carbonyl (C=O) groups excluding carboxylic acids is 1. The van der Waals surface area contributed by atoms with E-state index >= 15 is 0 Å². The number of H-pyrrole nitrogens is 1. The van der Waals surface area contributed by atoms with E-state index in [0.717, 1.165) is 39.7 Å². The number of benzene rings is 1. The highest BCUT2D eigenvalue weighted by Crippen LogP contribution is 2.37. The minimum Gasteiger partial charge on any atom is -0.346 e. The van der Waals surface area contributed by atoms with Gasteiger partial charge in [-0.05, 0) is 60.5 Å². The number of fused-ring (bicyclic) bond motifs is 2. The van der Waals surface area contributed by atoms with Gasteiger partial charge in [0.1, 0.15) is 11.3 Å². The Labute approximate surface area is 198 Å². The normalized spacial score (nSPS) is 12.1. The van der Waals surface area contributed by atoms with Crippen molar-refractivity contribution in [3.63, 3.8) is 0 Å². The van der Waals surface area contributed by atoms with Crippen LogP contribution in [0.1, 0.15) is 12.5 Å². The zero-order chi connectivity index (χ0) is 24.7. The fraction of sp³-hybridized carbons (Fsp3) is 0.115. The molecule has 4 heterocycles. The maximum Gasteiger partial charge on any atom is 0.416 e. The minimum absolute atomic E-state index is 0.0486. The van der Waals surface area contributed by atoms with Crippen LogP contribution in [0.4, 0.5) is 18.9 Å². The van der Waals surface area contributed by atoms with Gasteiger partial charge < -0.3 is 14.9 Å². The van der Waals surface area contributed by atoms with Gasteiger partial charge >= 0.3 is 6.18 Å². The average Bonchev–Trinajstić information content (AvgIpc) is 3.41. The number of rotatable bonds is 4. The van der Waals surface area contributed by atoms with Gasteiger partial charge in [-0.2, -0.15) is 13.2 Å². The summed E-state index contributed by atoms with van der Waals surface area (Å²) in [5.41, 5.74) is 3.19. The van der Waals surface area contributed by atoms with Gasteiger partial charge in [-0.25, -0.2) is 9.97 Å². The lowest BCUT2D eigenvalue weighted by Crippen LogP contribution is -2.11. The quantitative estimate of drug-likeness (QED) is 0.299. The molecule has 1 amide bonds. The predicted octanol–water partition coefficient (Wildman–Crippen LogP) is 6.32. The van der Waals surface area contributed by atoms with E-state index < -0.39 is 17.6 Å². The topological polar surface area (TPSA) is 75.6 Å². The molecule has 0 saturated heterocycles. The van der Waals surface area contributed by atoms with Crippen LogP contribution in [0, 0.1) is 0 Å². The maximum atomic E-state index is 13.6. The monoisotopic (exact) mass is 475 g/mol. The lowest BCUT2D eigenvalue weighted by Gasteiger charge is -2.13. The Morgan fingerprint density at radius 1 is 1.06 bits per heavy atom. The molecule has 1 aromatic carbocycles. The highest BCUT2D eigenvalue weighted by atomic mass is 19.4. The molecule has 0 saturated carbocycles. The number of hydrogen-bond donors (Lipinski definition) is 2. The standard InChI is InChI=1S/C26H20F3N5O/c1-3-4-23(35)33-18-10-15(9-17(12-18)26(27,28)29)16-11-21-22(14-32-24(21)31-13-16)19-5-7-30-25-20(19)6-8-34(25)2/h3-14H,1-2H3,(H,31,32)(H,33,35). The number of hydrogen-bond acceptors (Lipinski definition) is 3. The number of aromatic nitrogens is 4. The highest BCUT2D eigenvalue weighted by molar-refractivity contribution is 6.04. The number of alkyl halides is 3. The van der Waals surface area contributed by atoms with E-state index in [1.54, 1.807) is 19.2 Å². The van der Waals surface area contributed by atoms with Crippen molar-refractivity contribution in [3.05, 3.63) is 78.9 Å². The molecule has 0 spiro atoms. The summed E-state index contributed by atoms with van der Waals surface area (Å²) >= 11 is 0. The van der Waals surface area contributed by atoms with Crippen molar-refractivity contribution in [1.82, 2.24) is 19.5 Å². The highest BCUT2D eigenvalue weighted by Gasteiger charge is 2.31. The van der Waals surface area contributed by atoms with Gasteiger partial charge in [0.15, 0.2) is 0 Å². The second-order valence-electron chi connectivity index (χ2n) is 8.13. The van der Waals surface area contributed by atoms with Gasteiger partial charge in [-0.15, -0.1) is 0 Å². The maximum absolute atomic E-state index is 13.6. The smallest absolute Gasteiger partial charge is 0.346 e. The summed E-state index contributed by atoms with van der Waals surface area (Å²) < 4.78 is 42.8. The third-order valence-electron chi connectivity index (χ3n) is 5.77. The first-order valence-corrected chi connectivity index (χ1v) is 10.8. The van der Waals surface area contributed by atoms with Crippen LogP contribution >= 0.6 is 0 Å². The molecule has 6 nitrogen and oxygen atoms in total. The number of amides is 1. The predicted molar refractivity (Wildman–Crippen MR) is 130 cm³/mol. The molecule has 0 aliphatic rings. The SMILES string of the molecule is CC=CC(=O)Nc1cc(-c2cnc3[nH]cc(-c4ccnc5c4ccn5C)c3c2)cc(C(F)(F)F)c1. The molecule has 0 atom stereocenters. The van der Waals surface area contributed by atoms with Crippen LogP contribution in [-0.2, 0) is 18.0 Å². The lowest BCUT2D eigenvalue weighted by molar-refractivity contribution is -0.137. The first-order chi connectivity index (χ1) is 16.7. The molecular weight excluding hydrogens is 455 g/mol. The molecule has 4 aromatic heterocycles. The number of nitrogens with one attached hydrogen (secondary N) is 2. The minimum atomic E-state index is -4.58. The van der Waals surface area contributed by atoms with Crippen molar-refractivity contribution >= 4 is 33.7 Å². The Morgan fingerprint density at radius 2 is 1.89 bits per heavy atom. The number of allylic oxidation sites excluding steroid dienone is 1. The molecule has 5 aromatic rings. The van der Waals surface area contributed by atoms with Gasteiger partial charge in [0.2, 0.25) is 5.91 Å². The molecule has 9 heteroatoms.